The van der Waals surface area contributed by atoms with Crippen LogP contribution in [0.25, 0.3) is 0 Å². The Kier molecular flexibility index (Phi) is 9.40. The number of carbonyl (C=O) groups excluding carboxylic acids is 2. The van der Waals surface area contributed by atoms with Crippen molar-refractivity contribution >= 4 is 27.5 Å². The zero-order valence-corrected chi connectivity index (χ0v) is 25.0. The highest BCUT2D eigenvalue weighted by Crippen LogP contribution is 2.28. The summed E-state index contributed by atoms with van der Waals surface area (Å²) in [6, 6.07) is 16.5. The van der Waals surface area contributed by atoms with Gasteiger partial charge in [0.15, 0.2) is 0 Å². The summed E-state index contributed by atoms with van der Waals surface area (Å²) in [5.74, 6) is -1.38. The average Bonchev–Trinajstić information content (AvgIpc) is 2.86. The number of amides is 2. The molecule has 3 aromatic carbocycles. The van der Waals surface area contributed by atoms with Crippen LogP contribution in [0.5, 0.6) is 0 Å². The van der Waals surface area contributed by atoms with Gasteiger partial charge in [0.1, 0.15) is 18.4 Å². The van der Waals surface area contributed by atoms with Crippen LogP contribution in [0.3, 0.4) is 0 Å². The number of halogens is 1. The molecule has 0 aliphatic carbocycles. The Hall–Kier alpha value is -3.72. The van der Waals surface area contributed by atoms with Gasteiger partial charge in [0.05, 0.1) is 10.6 Å². The molecular weight excluding hydrogens is 529 g/mol. The highest BCUT2D eigenvalue weighted by molar-refractivity contribution is 7.92. The number of hydrogen-bond acceptors (Lipinski definition) is 4. The fourth-order valence-electron chi connectivity index (χ4n) is 4.28. The van der Waals surface area contributed by atoms with Crippen LogP contribution in [0, 0.1) is 26.6 Å². The number of hydrogen-bond donors (Lipinski definition) is 1. The number of benzene rings is 3. The second-order valence-corrected chi connectivity index (χ2v) is 13.0. The number of nitrogens with zero attached hydrogens (tertiary/aromatic N) is 2. The summed E-state index contributed by atoms with van der Waals surface area (Å²) >= 11 is 0. The Bertz CT molecular complexity index is 1460. The first-order chi connectivity index (χ1) is 18.6. The third-order valence-corrected chi connectivity index (χ3v) is 8.21. The molecular formula is C31H38FN3O4S. The van der Waals surface area contributed by atoms with Gasteiger partial charge in [-0.15, -0.1) is 0 Å². The van der Waals surface area contributed by atoms with Gasteiger partial charge < -0.3 is 10.2 Å². The first kappa shape index (κ1) is 30.8. The molecule has 0 aromatic heterocycles. The molecule has 2 amide bonds. The minimum Gasteiger partial charge on any atom is -0.350 e. The minimum absolute atomic E-state index is 0.0108. The fraction of sp³-hybridized carbons (Fsp3) is 0.355. The first-order valence-corrected chi connectivity index (χ1v) is 14.5. The van der Waals surface area contributed by atoms with Crippen molar-refractivity contribution in [2.45, 2.75) is 71.5 Å². The van der Waals surface area contributed by atoms with Crippen molar-refractivity contribution in [3.8, 4) is 0 Å². The van der Waals surface area contributed by atoms with E-state index in [9.17, 15) is 22.4 Å². The highest BCUT2D eigenvalue weighted by atomic mass is 32.2. The van der Waals surface area contributed by atoms with Crippen molar-refractivity contribution in [2.24, 2.45) is 0 Å². The fourth-order valence-corrected chi connectivity index (χ4v) is 5.76. The van der Waals surface area contributed by atoms with E-state index in [0.29, 0.717) is 16.8 Å². The van der Waals surface area contributed by atoms with Crippen LogP contribution in [0.4, 0.5) is 10.1 Å². The lowest BCUT2D eigenvalue weighted by molar-refractivity contribution is -0.140. The summed E-state index contributed by atoms with van der Waals surface area (Å²) in [5, 5.41) is 2.89. The maximum Gasteiger partial charge on any atom is 0.264 e. The van der Waals surface area contributed by atoms with E-state index >= 15 is 0 Å². The monoisotopic (exact) mass is 567 g/mol. The molecule has 0 spiro atoms. The topological polar surface area (TPSA) is 86.8 Å². The lowest BCUT2D eigenvalue weighted by Crippen LogP contribution is -2.54. The van der Waals surface area contributed by atoms with Crippen molar-refractivity contribution in [3.63, 3.8) is 0 Å². The van der Waals surface area contributed by atoms with Gasteiger partial charge in [0.2, 0.25) is 11.8 Å². The second kappa shape index (κ2) is 12.2. The van der Waals surface area contributed by atoms with E-state index < -0.39 is 39.9 Å². The molecule has 0 unspecified atom stereocenters. The molecule has 214 valence electrons. The van der Waals surface area contributed by atoms with Gasteiger partial charge in [-0.2, -0.15) is 0 Å². The van der Waals surface area contributed by atoms with Crippen molar-refractivity contribution in [1.29, 1.82) is 0 Å². The van der Waals surface area contributed by atoms with Gasteiger partial charge in [-0.1, -0.05) is 47.5 Å². The standard InChI is InChI=1S/C31H38FN3O4S/c1-21-8-15-27(16-9-21)40(38,39)35(28-17-10-22(2)18-23(28)3)20-29(36)34(19-25-11-13-26(32)14-12-25)24(4)30(37)33-31(5,6)7/h8-18,24H,19-20H2,1-7H3,(H,33,37)/t24-/m1/s1. The Labute approximate surface area is 237 Å². The zero-order valence-electron chi connectivity index (χ0n) is 24.2. The molecule has 1 atom stereocenters. The van der Waals surface area contributed by atoms with E-state index in [1.165, 1.54) is 41.3 Å². The predicted octanol–water partition coefficient (Wildman–Crippen LogP) is 5.28. The summed E-state index contributed by atoms with van der Waals surface area (Å²) in [6.45, 7) is 12.1. The van der Waals surface area contributed by atoms with Gasteiger partial charge in [-0.05, 0) is 89.9 Å². The van der Waals surface area contributed by atoms with E-state index in [0.717, 1.165) is 15.4 Å². The molecule has 0 saturated carbocycles. The van der Waals surface area contributed by atoms with Crippen molar-refractivity contribution in [1.82, 2.24) is 10.2 Å². The largest absolute Gasteiger partial charge is 0.350 e. The maximum atomic E-state index is 14.0. The molecule has 0 heterocycles. The molecule has 3 rings (SSSR count). The van der Waals surface area contributed by atoms with Crippen LogP contribution in [-0.4, -0.2) is 43.3 Å². The Morgan fingerprint density at radius 3 is 2.02 bits per heavy atom. The average molecular weight is 568 g/mol. The summed E-state index contributed by atoms with van der Waals surface area (Å²) in [4.78, 5) is 28.5. The second-order valence-electron chi connectivity index (χ2n) is 11.2. The number of rotatable bonds is 9. The molecule has 3 aromatic rings. The van der Waals surface area contributed by atoms with Gasteiger partial charge in [0, 0.05) is 12.1 Å². The van der Waals surface area contributed by atoms with E-state index in [4.69, 9.17) is 0 Å². The number of aryl methyl sites for hydroxylation is 3. The predicted molar refractivity (Wildman–Crippen MR) is 156 cm³/mol. The van der Waals surface area contributed by atoms with Crippen molar-refractivity contribution in [3.05, 3.63) is 94.8 Å². The number of sulfonamides is 1. The molecule has 0 fully saturated rings. The number of anilines is 1. The molecule has 0 aliphatic heterocycles. The molecule has 0 aliphatic rings. The number of carbonyl (C=O) groups is 2. The van der Waals surface area contributed by atoms with E-state index in [1.807, 2.05) is 40.7 Å². The van der Waals surface area contributed by atoms with Gasteiger partial charge in [-0.3, -0.25) is 13.9 Å². The summed E-state index contributed by atoms with van der Waals surface area (Å²) in [7, 11) is -4.15. The molecule has 0 saturated heterocycles. The van der Waals surface area contributed by atoms with Crippen molar-refractivity contribution < 1.29 is 22.4 Å². The molecule has 9 heteroatoms. The number of nitrogens with one attached hydrogen (secondary N) is 1. The summed E-state index contributed by atoms with van der Waals surface area (Å²) in [5.41, 5.74) is 2.96. The third kappa shape index (κ3) is 7.69. The van der Waals surface area contributed by atoms with Crippen molar-refractivity contribution in [2.75, 3.05) is 10.8 Å². The smallest absolute Gasteiger partial charge is 0.264 e. The molecule has 40 heavy (non-hydrogen) atoms. The molecule has 7 nitrogen and oxygen atoms in total. The SMILES string of the molecule is Cc1ccc(S(=O)(=O)N(CC(=O)N(Cc2ccc(F)cc2)[C@H](C)C(=O)NC(C)(C)C)c2ccc(C)cc2C)cc1. The van der Waals surface area contributed by atoms with Crippen LogP contribution < -0.4 is 9.62 Å². The van der Waals surface area contributed by atoms with E-state index in [-0.39, 0.29) is 17.3 Å². The van der Waals surface area contributed by atoms with Gasteiger partial charge in [0.25, 0.3) is 10.0 Å². The van der Waals surface area contributed by atoms with E-state index in [2.05, 4.69) is 5.32 Å². The molecule has 0 bridgehead atoms. The quantitative estimate of drug-likeness (QED) is 0.381. The zero-order chi connectivity index (χ0) is 29.8. The molecule has 0 radical (unpaired) electrons. The minimum atomic E-state index is -4.15. The highest BCUT2D eigenvalue weighted by Gasteiger charge is 2.33. The van der Waals surface area contributed by atoms with Crippen LogP contribution in [0.2, 0.25) is 0 Å². The summed E-state index contributed by atoms with van der Waals surface area (Å²) < 4.78 is 42.6. The lowest BCUT2D eigenvalue weighted by atomic mass is 10.1. The van der Waals surface area contributed by atoms with E-state index in [1.54, 1.807) is 38.1 Å². The van der Waals surface area contributed by atoms with Crippen LogP contribution >= 0.6 is 0 Å². The first-order valence-electron chi connectivity index (χ1n) is 13.1. The summed E-state index contributed by atoms with van der Waals surface area (Å²) in [6.07, 6.45) is 0. The van der Waals surface area contributed by atoms with Crippen LogP contribution in [-0.2, 0) is 26.2 Å². The maximum absolute atomic E-state index is 14.0. The van der Waals surface area contributed by atoms with Gasteiger partial charge in [-0.25, -0.2) is 12.8 Å². The Balaban J connectivity index is 2.07. The van der Waals surface area contributed by atoms with Crippen LogP contribution in [0.1, 0.15) is 49.9 Å². The Morgan fingerprint density at radius 1 is 0.900 bits per heavy atom. The molecule has 1 N–H and O–H groups in total. The normalized spacial score (nSPS) is 12.5. The Morgan fingerprint density at radius 2 is 1.48 bits per heavy atom. The lowest BCUT2D eigenvalue weighted by Gasteiger charge is -2.34. The third-order valence-electron chi connectivity index (χ3n) is 6.44. The van der Waals surface area contributed by atoms with Crippen LogP contribution in [0.15, 0.2) is 71.6 Å². The van der Waals surface area contributed by atoms with Gasteiger partial charge >= 0.3 is 0 Å².